The number of rotatable bonds is 8. The lowest BCUT2D eigenvalue weighted by atomic mass is 10.3. The second-order valence-electron chi connectivity index (χ2n) is 5.42. The third-order valence-corrected chi connectivity index (χ3v) is 3.39. The van der Waals surface area contributed by atoms with Crippen LogP contribution < -0.4 is 20.7 Å². The first kappa shape index (κ1) is 22.7. The number of nitrogens with one attached hydrogen (secondary N) is 3. The molecule has 1 amide bonds. The summed E-state index contributed by atoms with van der Waals surface area (Å²) < 4.78 is 18.4. The van der Waals surface area contributed by atoms with E-state index in [1.54, 1.807) is 7.05 Å². The van der Waals surface area contributed by atoms with Crippen LogP contribution in [-0.2, 0) is 4.79 Å². The summed E-state index contributed by atoms with van der Waals surface area (Å²) >= 11 is 0. The van der Waals surface area contributed by atoms with Crippen molar-refractivity contribution < 1.29 is 13.9 Å². The lowest BCUT2D eigenvalue weighted by molar-refractivity contribution is -0.115. The van der Waals surface area contributed by atoms with Crippen LogP contribution in [0.25, 0.3) is 0 Å². The van der Waals surface area contributed by atoms with Crippen LogP contribution >= 0.6 is 24.0 Å². The smallest absolute Gasteiger partial charge is 0.243 e. The fourth-order valence-corrected chi connectivity index (χ4v) is 2.11. The van der Waals surface area contributed by atoms with Crippen LogP contribution in [0, 0.1) is 5.82 Å². The Kier molecular flexibility index (Phi) is 10.8. The lowest BCUT2D eigenvalue weighted by Crippen LogP contribution is -2.41. The van der Waals surface area contributed by atoms with Crippen molar-refractivity contribution in [1.29, 1.82) is 0 Å². The summed E-state index contributed by atoms with van der Waals surface area (Å²) in [5.41, 5.74) is 0.541. The molecule has 2 aromatic carbocycles. The molecular formula is C19H24FIN4O2. The summed E-state index contributed by atoms with van der Waals surface area (Å²) in [7, 11) is 1.63. The second kappa shape index (κ2) is 12.9. The fourth-order valence-electron chi connectivity index (χ4n) is 2.11. The number of aliphatic imine (C=N–C) groups is 1. The molecule has 2 rings (SSSR count). The van der Waals surface area contributed by atoms with Crippen molar-refractivity contribution in [3.05, 3.63) is 60.4 Å². The van der Waals surface area contributed by atoms with Gasteiger partial charge in [-0.05, 0) is 42.8 Å². The number of benzene rings is 2. The molecule has 146 valence electrons. The number of para-hydroxylation sites is 1. The summed E-state index contributed by atoms with van der Waals surface area (Å²) in [5.74, 6) is 0.778. The molecule has 0 fully saturated rings. The highest BCUT2D eigenvalue weighted by Gasteiger charge is 2.04. The minimum absolute atomic E-state index is 0. The molecule has 6 nitrogen and oxygen atoms in total. The van der Waals surface area contributed by atoms with Crippen LogP contribution in [0.2, 0.25) is 0 Å². The van der Waals surface area contributed by atoms with E-state index >= 15 is 0 Å². The Morgan fingerprint density at radius 1 is 1.07 bits per heavy atom. The predicted molar refractivity (Wildman–Crippen MR) is 116 cm³/mol. The van der Waals surface area contributed by atoms with E-state index in [0.717, 1.165) is 12.2 Å². The number of amides is 1. The molecule has 0 heterocycles. The molecule has 0 unspecified atom stereocenters. The maximum atomic E-state index is 12.8. The van der Waals surface area contributed by atoms with Gasteiger partial charge in [-0.3, -0.25) is 9.79 Å². The average Bonchev–Trinajstić information content (AvgIpc) is 2.66. The number of anilines is 1. The van der Waals surface area contributed by atoms with Crippen LogP contribution in [0.4, 0.5) is 10.1 Å². The molecule has 0 saturated heterocycles. The Labute approximate surface area is 175 Å². The number of carbonyl (C=O) groups excluding carboxylic acids is 1. The monoisotopic (exact) mass is 486 g/mol. The standard InChI is InChI=1S/C19H23FN4O2.HI/c1-21-19(22-12-5-13-26-17-6-3-2-4-7-17)23-14-18(25)24-16-10-8-15(20)9-11-16;/h2-4,6-11H,5,12-14H2,1H3,(H,24,25)(H2,21,22,23);1H. The van der Waals surface area contributed by atoms with Gasteiger partial charge >= 0.3 is 0 Å². The zero-order valence-corrected chi connectivity index (χ0v) is 17.4. The summed E-state index contributed by atoms with van der Waals surface area (Å²) in [6.45, 7) is 1.29. The number of hydrogen-bond acceptors (Lipinski definition) is 3. The molecule has 0 aliphatic carbocycles. The van der Waals surface area contributed by atoms with Crippen LogP contribution in [0.5, 0.6) is 5.75 Å². The number of nitrogens with zero attached hydrogens (tertiary/aromatic N) is 1. The van der Waals surface area contributed by atoms with Gasteiger partial charge < -0.3 is 20.7 Å². The molecule has 0 radical (unpaired) electrons. The third-order valence-electron chi connectivity index (χ3n) is 3.39. The highest BCUT2D eigenvalue weighted by molar-refractivity contribution is 14.0. The van der Waals surface area contributed by atoms with Gasteiger partial charge in [-0.2, -0.15) is 0 Å². The number of ether oxygens (including phenoxy) is 1. The summed E-state index contributed by atoms with van der Waals surface area (Å²) in [5, 5.41) is 8.71. The van der Waals surface area contributed by atoms with Crippen LogP contribution in [-0.4, -0.2) is 38.6 Å². The maximum Gasteiger partial charge on any atom is 0.243 e. The fraction of sp³-hybridized carbons (Fsp3) is 0.263. The number of hydrogen-bond donors (Lipinski definition) is 3. The van der Waals surface area contributed by atoms with Crippen molar-refractivity contribution in [2.75, 3.05) is 32.1 Å². The van der Waals surface area contributed by atoms with Gasteiger partial charge in [0.15, 0.2) is 5.96 Å². The molecule has 0 bridgehead atoms. The molecule has 3 N–H and O–H groups in total. The number of halogens is 2. The number of carbonyl (C=O) groups is 1. The van der Waals surface area contributed by atoms with E-state index < -0.39 is 0 Å². The quantitative estimate of drug-likeness (QED) is 0.232. The summed E-state index contributed by atoms with van der Waals surface area (Å²) in [6, 6.07) is 15.2. The number of guanidine groups is 1. The van der Waals surface area contributed by atoms with E-state index in [9.17, 15) is 9.18 Å². The molecule has 2 aromatic rings. The van der Waals surface area contributed by atoms with Crippen LogP contribution in [0.3, 0.4) is 0 Å². The zero-order valence-electron chi connectivity index (χ0n) is 15.1. The van der Waals surface area contributed by atoms with Gasteiger partial charge in [0.2, 0.25) is 5.91 Å². The maximum absolute atomic E-state index is 12.8. The molecule has 0 aliphatic heterocycles. The summed E-state index contributed by atoms with van der Waals surface area (Å²) in [4.78, 5) is 15.9. The van der Waals surface area contributed by atoms with E-state index in [2.05, 4.69) is 20.9 Å². The molecule has 0 atom stereocenters. The van der Waals surface area contributed by atoms with Crippen LogP contribution in [0.15, 0.2) is 59.6 Å². The van der Waals surface area contributed by atoms with E-state index in [4.69, 9.17) is 4.74 Å². The van der Waals surface area contributed by atoms with Gasteiger partial charge in [0, 0.05) is 19.3 Å². The van der Waals surface area contributed by atoms with Gasteiger partial charge in [-0.15, -0.1) is 24.0 Å². The second-order valence-corrected chi connectivity index (χ2v) is 5.42. The van der Waals surface area contributed by atoms with Gasteiger partial charge in [0.1, 0.15) is 11.6 Å². The van der Waals surface area contributed by atoms with Gasteiger partial charge in [-0.1, -0.05) is 18.2 Å². The van der Waals surface area contributed by atoms with Crippen molar-refractivity contribution in [3.63, 3.8) is 0 Å². The van der Waals surface area contributed by atoms with E-state index in [0.29, 0.717) is 24.8 Å². The van der Waals surface area contributed by atoms with Crippen molar-refractivity contribution in [3.8, 4) is 5.75 Å². The average molecular weight is 486 g/mol. The molecular weight excluding hydrogens is 462 g/mol. The Morgan fingerprint density at radius 3 is 2.44 bits per heavy atom. The third kappa shape index (κ3) is 9.23. The van der Waals surface area contributed by atoms with E-state index in [1.165, 1.54) is 24.3 Å². The Morgan fingerprint density at radius 2 is 1.78 bits per heavy atom. The van der Waals surface area contributed by atoms with Crippen LogP contribution in [0.1, 0.15) is 6.42 Å². The minimum atomic E-state index is -0.345. The zero-order chi connectivity index (χ0) is 18.6. The lowest BCUT2D eigenvalue weighted by Gasteiger charge is -2.12. The van der Waals surface area contributed by atoms with Crippen molar-refractivity contribution in [2.24, 2.45) is 4.99 Å². The van der Waals surface area contributed by atoms with E-state index in [-0.39, 0.29) is 42.2 Å². The molecule has 0 aliphatic rings. The molecule has 0 saturated carbocycles. The largest absolute Gasteiger partial charge is 0.494 e. The molecule has 27 heavy (non-hydrogen) atoms. The molecule has 0 spiro atoms. The molecule has 8 heteroatoms. The highest BCUT2D eigenvalue weighted by Crippen LogP contribution is 2.08. The predicted octanol–water partition coefficient (Wildman–Crippen LogP) is 3.02. The minimum Gasteiger partial charge on any atom is -0.494 e. The van der Waals surface area contributed by atoms with Gasteiger partial charge in [0.25, 0.3) is 0 Å². The summed E-state index contributed by atoms with van der Waals surface area (Å²) in [6.07, 6.45) is 0.789. The van der Waals surface area contributed by atoms with Gasteiger partial charge in [0.05, 0.1) is 13.2 Å². The first-order chi connectivity index (χ1) is 12.7. The normalized spacial score (nSPS) is 10.5. The Hall–Kier alpha value is -2.36. The van der Waals surface area contributed by atoms with Gasteiger partial charge in [-0.25, -0.2) is 4.39 Å². The first-order valence-corrected chi connectivity index (χ1v) is 8.35. The highest BCUT2D eigenvalue weighted by atomic mass is 127. The first-order valence-electron chi connectivity index (χ1n) is 8.35. The van der Waals surface area contributed by atoms with Crippen molar-refractivity contribution in [2.45, 2.75) is 6.42 Å². The molecule has 0 aromatic heterocycles. The van der Waals surface area contributed by atoms with Crippen molar-refractivity contribution in [1.82, 2.24) is 10.6 Å². The Balaban J connectivity index is 0.00000364. The van der Waals surface area contributed by atoms with E-state index in [1.807, 2.05) is 30.3 Å². The van der Waals surface area contributed by atoms with Crippen molar-refractivity contribution >= 4 is 41.5 Å². The Bertz CT molecular complexity index is 711. The SMILES string of the molecule is CN=C(NCCCOc1ccccc1)NCC(=O)Nc1ccc(F)cc1.I. The topological polar surface area (TPSA) is 74.8 Å².